The van der Waals surface area contributed by atoms with Gasteiger partial charge in [-0.3, -0.25) is 19.1 Å². The van der Waals surface area contributed by atoms with Crippen LogP contribution >= 0.6 is 0 Å². The molecule has 0 aliphatic carbocycles. The molecule has 8 heteroatoms. The van der Waals surface area contributed by atoms with E-state index in [1.807, 2.05) is 47.9 Å². The lowest BCUT2D eigenvalue weighted by atomic mass is 10.1. The van der Waals surface area contributed by atoms with E-state index in [1.165, 1.54) is 11.0 Å². The Morgan fingerprint density at radius 1 is 1.18 bits per heavy atom. The molecule has 1 amide bonds. The smallest absolute Gasteiger partial charge is 0.330 e. The number of aromatic nitrogens is 2. The molecule has 2 heterocycles. The number of piperidine rings is 1. The molecule has 1 aromatic heterocycles. The molecule has 1 saturated heterocycles. The van der Waals surface area contributed by atoms with Gasteiger partial charge in [-0.2, -0.15) is 0 Å². The summed E-state index contributed by atoms with van der Waals surface area (Å²) < 4.78 is 1.44. The molecule has 33 heavy (non-hydrogen) atoms. The summed E-state index contributed by atoms with van der Waals surface area (Å²) in [5.74, 6) is 0.443. The number of nitrogen functional groups attached to an aromatic ring is 1. The van der Waals surface area contributed by atoms with Crippen molar-refractivity contribution in [2.24, 2.45) is 5.92 Å². The number of benzene rings is 1. The predicted molar refractivity (Wildman–Crippen MR) is 133 cm³/mol. The molecule has 2 aromatic rings. The van der Waals surface area contributed by atoms with Gasteiger partial charge in [0.15, 0.2) is 0 Å². The van der Waals surface area contributed by atoms with E-state index in [4.69, 9.17) is 5.73 Å². The van der Waals surface area contributed by atoms with Crippen LogP contribution in [0.4, 0.5) is 11.5 Å². The summed E-state index contributed by atoms with van der Waals surface area (Å²) in [4.78, 5) is 44.5. The summed E-state index contributed by atoms with van der Waals surface area (Å²) in [6.45, 7) is 9.15. The van der Waals surface area contributed by atoms with Crippen LogP contribution in [0, 0.1) is 5.92 Å². The molecule has 3 N–H and O–H groups in total. The quantitative estimate of drug-likeness (QED) is 0.604. The Morgan fingerprint density at radius 2 is 1.91 bits per heavy atom. The van der Waals surface area contributed by atoms with Crippen molar-refractivity contribution in [3.05, 3.63) is 56.2 Å². The number of nitrogens with two attached hydrogens (primary N) is 1. The van der Waals surface area contributed by atoms with Crippen molar-refractivity contribution in [2.45, 2.75) is 66.0 Å². The van der Waals surface area contributed by atoms with Crippen molar-refractivity contribution in [1.82, 2.24) is 14.5 Å². The fraction of sp³-hybridized carbons (Fsp3) is 0.560. The first-order valence-electron chi connectivity index (χ1n) is 12.1. The molecule has 1 aliphatic heterocycles. The van der Waals surface area contributed by atoms with Gasteiger partial charge >= 0.3 is 5.69 Å². The number of hydrogen-bond donors (Lipinski definition) is 2. The fourth-order valence-corrected chi connectivity index (χ4v) is 4.35. The Balaban J connectivity index is 1.93. The van der Waals surface area contributed by atoms with Crippen LogP contribution in [-0.4, -0.2) is 40.0 Å². The van der Waals surface area contributed by atoms with Crippen molar-refractivity contribution >= 4 is 17.4 Å². The summed E-state index contributed by atoms with van der Waals surface area (Å²) in [6, 6.07) is 7.60. The zero-order valence-corrected chi connectivity index (χ0v) is 20.1. The molecule has 0 atom stereocenters. The molecule has 180 valence electrons. The monoisotopic (exact) mass is 455 g/mol. The van der Waals surface area contributed by atoms with Crippen LogP contribution in [0.25, 0.3) is 0 Å². The normalized spacial score (nSPS) is 14.0. The summed E-state index contributed by atoms with van der Waals surface area (Å²) in [6.07, 6.45) is 5.09. The predicted octanol–water partition coefficient (Wildman–Crippen LogP) is 3.21. The second-order valence-electron chi connectivity index (χ2n) is 9.33. The van der Waals surface area contributed by atoms with Gasteiger partial charge in [0.2, 0.25) is 0 Å². The lowest BCUT2D eigenvalue weighted by Gasteiger charge is -2.28. The number of carbonyl (C=O) groups excluding carboxylic acids is 1. The maximum Gasteiger partial charge on any atom is 0.330 e. The lowest BCUT2D eigenvalue weighted by molar-refractivity contribution is 0.0724. The van der Waals surface area contributed by atoms with Gasteiger partial charge in [0.05, 0.1) is 0 Å². The van der Waals surface area contributed by atoms with Crippen LogP contribution in [0.15, 0.2) is 33.9 Å². The number of aromatic amines is 1. The summed E-state index contributed by atoms with van der Waals surface area (Å²) in [5, 5.41) is 0. The van der Waals surface area contributed by atoms with E-state index in [0.29, 0.717) is 30.9 Å². The summed E-state index contributed by atoms with van der Waals surface area (Å²) in [5.41, 5.74) is 7.32. The highest BCUT2D eigenvalue weighted by atomic mass is 16.2. The van der Waals surface area contributed by atoms with Gasteiger partial charge in [0.1, 0.15) is 11.5 Å². The van der Waals surface area contributed by atoms with Gasteiger partial charge in [0, 0.05) is 38.3 Å². The molecule has 1 fully saturated rings. The minimum atomic E-state index is -0.487. The zero-order valence-electron chi connectivity index (χ0n) is 20.1. The number of nitrogens with one attached hydrogen (secondary N) is 1. The van der Waals surface area contributed by atoms with Crippen molar-refractivity contribution < 1.29 is 4.79 Å². The van der Waals surface area contributed by atoms with Crippen molar-refractivity contribution in [3.63, 3.8) is 0 Å². The molecule has 0 spiro atoms. The van der Waals surface area contributed by atoms with Crippen LogP contribution in [0.3, 0.4) is 0 Å². The van der Waals surface area contributed by atoms with Crippen LogP contribution in [0.1, 0.15) is 68.8 Å². The molecule has 0 radical (unpaired) electrons. The Hall–Kier alpha value is -3.03. The third-order valence-corrected chi connectivity index (χ3v) is 6.05. The number of likely N-dealkylation sites (tertiary alicyclic amines) is 1. The molecule has 0 bridgehead atoms. The first-order valence-corrected chi connectivity index (χ1v) is 12.1. The van der Waals surface area contributed by atoms with Gasteiger partial charge in [0.25, 0.3) is 11.5 Å². The minimum Gasteiger partial charge on any atom is -0.383 e. The van der Waals surface area contributed by atoms with Crippen molar-refractivity contribution in [2.75, 3.05) is 30.3 Å². The maximum atomic E-state index is 13.0. The van der Waals surface area contributed by atoms with Gasteiger partial charge in [-0.25, -0.2) is 4.79 Å². The highest BCUT2D eigenvalue weighted by Crippen LogP contribution is 2.22. The molecular formula is C25H37N5O3. The number of nitrogens with zero attached hydrogens (tertiary/aromatic N) is 3. The number of carbonyl (C=O) groups is 1. The average Bonchev–Trinajstić information content (AvgIpc) is 2.80. The second-order valence-corrected chi connectivity index (χ2v) is 9.33. The number of hydrogen-bond acceptors (Lipinski definition) is 5. The Bertz CT molecular complexity index is 1070. The number of unbranched alkanes of at least 4 members (excludes halogenated alkanes) is 1. The van der Waals surface area contributed by atoms with Crippen LogP contribution in [-0.2, 0) is 13.1 Å². The van der Waals surface area contributed by atoms with E-state index in [2.05, 4.69) is 11.9 Å². The van der Waals surface area contributed by atoms with Gasteiger partial charge in [-0.1, -0.05) is 39.3 Å². The third kappa shape index (κ3) is 6.06. The SMILES string of the molecule is CCCCN(Cc1cccc(C(=O)N2CCCCC2)c1)c1c(N)n(CC(C)C)c(=O)[nH]c1=O. The van der Waals surface area contributed by atoms with Crippen molar-refractivity contribution in [1.29, 1.82) is 0 Å². The maximum absolute atomic E-state index is 13.0. The van der Waals surface area contributed by atoms with Crippen LogP contribution < -0.4 is 21.9 Å². The fourth-order valence-electron chi connectivity index (χ4n) is 4.35. The Kier molecular flexibility index (Phi) is 8.36. The van der Waals surface area contributed by atoms with E-state index in [0.717, 1.165) is 44.3 Å². The minimum absolute atomic E-state index is 0.0551. The molecular weight excluding hydrogens is 418 g/mol. The van der Waals surface area contributed by atoms with Crippen LogP contribution in [0.5, 0.6) is 0 Å². The number of amides is 1. The molecule has 0 saturated carbocycles. The Labute approximate surface area is 195 Å². The van der Waals surface area contributed by atoms with E-state index in [-0.39, 0.29) is 17.6 Å². The second kappa shape index (κ2) is 11.2. The molecule has 0 unspecified atom stereocenters. The standard InChI is InChI=1S/C25H37N5O3/c1-4-5-12-29(21-22(26)30(16-18(2)3)25(33)27-23(21)31)17-19-10-9-11-20(15-19)24(32)28-13-7-6-8-14-28/h9-11,15,18H,4-8,12-14,16-17,26H2,1-3H3,(H,27,31,33). The highest BCUT2D eigenvalue weighted by Gasteiger charge is 2.21. The first kappa shape index (κ1) is 24.6. The third-order valence-electron chi connectivity index (χ3n) is 6.05. The number of rotatable bonds is 9. The average molecular weight is 456 g/mol. The first-order chi connectivity index (χ1) is 15.8. The summed E-state index contributed by atoms with van der Waals surface area (Å²) in [7, 11) is 0. The summed E-state index contributed by atoms with van der Waals surface area (Å²) >= 11 is 0. The molecule has 8 nitrogen and oxygen atoms in total. The van der Waals surface area contributed by atoms with E-state index in [1.54, 1.807) is 0 Å². The van der Waals surface area contributed by atoms with E-state index >= 15 is 0 Å². The van der Waals surface area contributed by atoms with Gasteiger partial charge in [-0.15, -0.1) is 0 Å². The Morgan fingerprint density at radius 3 is 2.58 bits per heavy atom. The lowest BCUT2D eigenvalue weighted by Crippen LogP contribution is -2.39. The molecule has 3 rings (SSSR count). The van der Waals surface area contributed by atoms with Crippen molar-refractivity contribution in [3.8, 4) is 0 Å². The van der Waals surface area contributed by atoms with E-state index < -0.39 is 11.2 Å². The molecule has 1 aromatic carbocycles. The van der Waals surface area contributed by atoms with Gasteiger partial charge < -0.3 is 15.5 Å². The van der Waals surface area contributed by atoms with E-state index in [9.17, 15) is 14.4 Å². The van der Waals surface area contributed by atoms with Crippen LogP contribution in [0.2, 0.25) is 0 Å². The largest absolute Gasteiger partial charge is 0.383 e. The topological polar surface area (TPSA) is 104 Å². The number of anilines is 2. The van der Waals surface area contributed by atoms with Gasteiger partial charge in [-0.05, 0) is 49.3 Å². The molecule has 1 aliphatic rings. The number of H-pyrrole nitrogens is 1. The highest BCUT2D eigenvalue weighted by molar-refractivity contribution is 5.94. The zero-order chi connectivity index (χ0) is 24.0.